The van der Waals surface area contributed by atoms with Crippen LogP contribution in [0.25, 0.3) is 11.0 Å². The summed E-state index contributed by atoms with van der Waals surface area (Å²) < 4.78 is 21.1. The zero-order chi connectivity index (χ0) is 12.5. The molecule has 1 N–H and O–H groups in total. The molecule has 0 saturated carbocycles. The maximum Gasteiger partial charge on any atom is 0.336 e. The molecule has 18 heavy (non-hydrogen) atoms. The maximum absolute atomic E-state index is 11.2. The first-order chi connectivity index (χ1) is 8.79. The van der Waals surface area contributed by atoms with E-state index in [0.717, 1.165) is 0 Å². The molecule has 1 aromatic carbocycles. The fourth-order valence-corrected chi connectivity index (χ4v) is 1.83. The number of benzene rings is 1. The van der Waals surface area contributed by atoms with E-state index < -0.39 is 5.63 Å². The lowest BCUT2D eigenvalue weighted by molar-refractivity contribution is 0.165. The number of aliphatic hydroxyl groups excluding tert-OH is 1. The van der Waals surface area contributed by atoms with Crippen molar-refractivity contribution in [3.8, 4) is 17.2 Å². The van der Waals surface area contributed by atoms with Crippen molar-refractivity contribution in [3.63, 3.8) is 0 Å². The highest BCUT2D eigenvalue weighted by Crippen LogP contribution is 2.45. The largest absolute Gasteiger partial charge is 0.486 e. The van der Waals surface area contributed by atoms with Crippen LogP contribution in [0.1, 0.15) is 0 Å². The Balaban J connectivity index is 2.24. The molecule has 0 bridgehead atoms. The van der Waals surface area contributed by atoms with Crippen molar-refractivity contribution in [2.24, 2.45) is 0 Å². The Morgan fingerprint density at radius 2 is 2.22 bits per heavy atom. The van der Waals surface area contributed by atoms with E-state index in [2.05, 4.69) is 0 Å². The summed E-state index contributed by atoms with van der Waals surface area (Å²) in [5, 5.41) is 9.43. The predicted molar refractivity (Wildman–Crippen MR) is 61.2 cm³/mol. The molecule has 0 unspecified atom stereocenters. The van der Waals surface area contributed by atoms with Gasteiger partial charge in [0.05, 0.1) is 12.0 Å². The van der Waals surface area contributed by atoms with Crippen LogP contribution in [0.3, 0.4) is 0 Å². The zero-order valence-electron chi connectivity index (χ0n) is 9.34. The quantitative estimate of drug-likeness (QED) is 0.815. The Bertz CT molecular complexity index is 645. The Morgan fingerprint density at radius 3 is 3.06 bits per heavy atom. The van der Waals surface area contributed by atoms with Crippen LogP contribution in [0.4, 0.5) is 0 Å². The summed E-state index contributed by atoms with van der Waals surface area (Å²) >= 11 is 0. The minimum absolute atomic E-state index is 0.0887. The molecule has 0 atom stereocenters. The van der Waals surface area contributed by atoms with Gasteiger partial charge in [-0.3, -0.25) is 0 Å². The Labute approximate surface area is 101 Å². The van der Waals surface area contributed by atoms with Gasteiger partial charge in [-0.15, -0.1) is 0 Å². The number of hydrogen-bond acceptors (Lipinski definition) is 6. The van der Waals surface area contributed by atoms with Crippen LogP contribution in [0, 0.1) is 0 Å². The van der Waals surface area contributed by atoms with E-state index in [4.69, 9.17) is 23.7 Å². The van der Waals surface area contributed by atoms with E-state index in [0.29, 0.717) is 28.2 Å². The second-order valence-electron chi connectivity index (χ2n) is 3.68. The molecule has 0 radical (unpaired) electrons. The molecule has 0 saturated heterocycles. The lowest BCUT2D eigenvalue weighted by atomic mass is 10.2. The Kier molecular flexibility index (Phi) is 2.56. The van der Waals surface area contributed by atoms with Gasteiger partial charge in [-0.2, -0.15) is 0 Å². The van der Waals surface area contributed by atoms with Gasteiger partial charge in [0.1, 0.15) is 12.2 Å². The van der Waals surface area contributed by atoms with Crippen molar-refractivity contribution in [1.82, 2.24) is 0 Å². The van der Waals surface area contributed by atoms with Crippen LogP contribution in [-0.4, -0.2) is 25.1 Å². The molecule has 0 fully saturated rings. The van der Waals surface area contributed by atoms with Crippen LogP contribution in [0.15, 0.2) is 27.4 Å². The number of rotatable bonds is 3. The fourth-order valence-electron chi connectivity index (χ4n) is 1.83. The summed E-state index contributed by atoms with van der Waals surface area (Å²) in [6.45, 7) is 0.0855. The van der Waals surface area contributed by atoms with Crippen LogP contribution in [0.2, 0.25) is 0 Å². The molecular formula is C12H10O6. The molecule has 1 aromatic heterocycles. The molecule has 1 aliphatic rings. The van der Waals surface area contributed by atoms with Gasteiger partial charge in [0.2, 0.25) is 12.5 Å². The maximum atomic E-state index is 11.2. The SMILES string of the molecule is O=c1ccc2c(OCCO)c3c(cc2o1)OCO3. The summed E-state index contributed by atoms with van der Waals surface area (Å²) in [5.74, 6) is 1.34. The molecule has 94 valence electrons. The second-order valence-corrected chi connectivity index (χ2v) is 3.68. The van der Waals surface area contributed by atoms with Gasteiger partial charge in [0.25, 0.3) is 0 Å². The minimum atomic E-state index is -0.450. The summed E-state index contributed by atoms with van der Waals surface area (Å²) in [7, 11) is 0. The average molecular weight is 250 g/mol. The number of ether oxygens (including phenoxy) is 3. The van der Waals surface area contributed by atoms with E-state index in [9.17, 15) is 4.79 Å². The van der Waals surface area contributed by atoms with Crippen LogP contribution < -0.4 is 19.8 Å². The fraction of sp³-hybridized carbons (Fsp3) is 0.250. The van der Waals surface area contributed by atoms with Gasteiger partial charge in [0, 0.05) is 12.1 Å². The average Bonchev–Trinajstić information content (AvgIpc) is 2.82. The molecule has 0 spiro atoms. The van der Waals surface area contributed by atoms with E-state index in [-0.39, 0.29) is 20.0 Å². The molecule has 1 aliphatic heterocycles. The third-order valence-corrected chi connectivity index (χ3v) is 2.55. The Morgan fingerprint density at radius 1 is 1.33 bits per heavy atom. The van der Waals surface area contributed by atoms with Crippen LogP contribution in [-0.2, 0) is 0 Å². The lowest BCUT2D eigenvalue weighted by Crippen LogP contribution is -2.04. The van der Waals surface area contributed by atoms with Gasteiger partial charge >= 0.3 is 5.63 Å². The molecule has 0 amide bonds. The highest BCUT2D eigenvalue weighted by molar-refractivity contribution is 5.89. The van der Waals surface area contributed by atoms with Gasteiger partial charge in [-0.1, -0.05) is 0 Å². The zero-order valence-corrected chi connectivity index (χ0v) is 9.34. The minimum Gasteiger partial charge on any atom is -0.486 e. The number of fused-ring (bicyclic) bond motifs is 2. The topological polar surface area (TPSA) is 78.1 Å². The van der Waals surface area contributed by atoms with E-state index in [1.165, 1.54) is 6.07 Å². The monoisotopic (exact) mass is 250 g/mol. The predicted octanol–water partition coefficient (Wildman–Crippen LogP) is 0.893. The highest BCUT2D eigenvalue weighted by atomic mass is 16.7. The molecule has 6 nitrogen and oxygen atoms in total. The molecular weight excluding hydrogens is 240 g/mol. The van der Waals surface area contributed by atoms with Gasteiger partial charge in [-0.05, 0) is 6.07 Å². The second kappa shape index (κ2) is 4.23. The third kappa shape index (κ3) is 1.67. The Hall–Kier alpha value is -2.21. The first kappa shape index (κ1) is 10.9. The molecule has 3 rings (SSSR count). The molecule has 0 aliphatic carbocycles. The first-order valence-corrected chi connectivity index (χ1v) is 5.40. The summed E-state index contributed by atoms with van der Waals surface area (Å²) in [5.41, 5.74) is -0.0887. The van der Waals surface area contributed by atoms with E-state index in [1.807, 2.05) is 0 Å². The van der Waals surface area contributed by atoms with Crippen molar-refractivity contribution in [2.45, 2.75) is 0 Å². The summed E-state index contributed by atoms with van der Waals surface area (Å²) in [4.78, 5) is 11.2. The molecule has 2 heterocycles. The van der Waals surface area contributed by atoms with Crippen molar-refractivity contribution in [1.29, 1.82) is 0 Å². The van der Waals surface area contributed by atoms with Crippen molar-refractivity contribution in [2.75, 3.05) is 20.0 Å². The third-order valence-electron chi connectivity index (χ3n) is 2.55. The standard InChI is InChI=1S/C12H10O6/c13-3-4-15-11-7-1-2-10(14)18-8(7)5-9-12(11)17-6-16-9/h1-2,5,13H,3-4,6H2. The van der Waals surface area contributed by atoms with E-state index in [1.54, 1.807) is 12.1 Å². The van der Waals surface area contributed by atoms with Crippen molar-refractivity contribution in [3.05, 3.63) is 28.6 Å². The summed E-state index contributed by atoms with van der Waals surface area (Å²) in [6.07, 6.45) is 0. The van der Waals surface area contributed by atoms with Crippen LogP contribution in [0.5, 0.6) is 17.2 Å². The van der Waals surface area contributed by atoms with E-state index >= 15 is 0 Å². The lowest BCUT2D eigenvalue weighted by Gasteiger charge is -2.10. The number of hydrogen-bond donors (Lipinski definition) is 1. The normalized spacial score (nSPS) is 12.9. The smallest absolute Gasteiger partial charge is 0.336 e. The van der Waals surface area contributed by atoms with Gasteiger partial charge < -0.3 is 23.7 Å². The molecule has 6 heteroatoms. The number of aliphatic hydroxyl groups is 1. The molecule has 2 aromatic rings. The van der Waals surface area contributed by atoms with Crippen molar-refractivity contribution >= 4 is 11.0 Å². The van der Waals surface area contributed by atoms with Gasteiger partial charge in [-0.25, -0.2) is 4.79 Å². The summed E-state index contributed by atoms with van der Waals surface area (Å²) in [6, 6.07) is 4.48. The van der Waals surface area contributed by atoms with Gasteiger partial charge in [0.15, 0.2) is 11.5 Å². The first-order valence-electron chi connectivity index (χ1n) is 5.40. The highest BCUT2D eigenvalue weighted by Gasteiger charge is 2.23. The van der Waals surface area contributed by atoms with Crippen LogP contribution >= 0.6 is 0 Å². The van der Waals surface area contributed by atoms with Crippen molar-refractivity contribution < 1.29 is 23.7 Å².